The quantitative estimate of drug-likeness (QED) is 0.587. The lowest BCUT2D eigenvalue weighted by Gasteiger charge is -1.98. The van der Waals surface area contributed by atoms with Crippen LogP contribution in [0.5, 0.6) is 0 Å². The van der Waals surface area contributed by atoms with E-state index in [9.17, 15) is 0 Å². The summed E-state index contributed by atoms with van der Waals surface area (Å²) in [4.78, 5) is 15.2. The Balaban J connectivity index is 2.66. The summed E-state index contributed by atoms with van der Waals surface area (Å²) in [6.45, 7) is 0. The van der Waals surface area contributed by atoms with Crippen LogP contribution in [0.3, 0.4) is 0 Å². The first-order valence-corrected chi connectivity index (χ1v) is 4.37. The van der Waals surface area contributed by atoms with Crippen molar-refractivity contribution >= 4 is 21.9 Å². The van der Waals surface area contributed by atoms with E-state index in [1.165, 1.54) is 0 Å². The van der Waals surface area contributed by atoms with Crippen molar-refractivity contribution in [3.63, 3.8) is 0 Å². The number of H-pyrrole nitrogens is 1. The van der Waals surface area contributed by atoms with Crippen LogP contribution < -0.4 is 0 Å². The molecule has 0 saturated heterocycles. The maximum atomic E-state index is 8.95. The van der Waals surface area contributed by atoms with Crippen LogP contribution in [0.25, 0.3) is 21.9 Å². The average molecular weight is 195 g/mol. The van der Waals surface area contributed by atoms with Crippen molar-refractivity contribution in [1.82, 2.24) is 19.9 Å². The summed E-state index contributed by atoms with van der Waals surface area (Å²) in [6.07, 6.45) is 4.89. The van der Waals surface area contributed by atoms with Gasteiger partial charge in [-0.3, -0.25) is 4.98 Å². The minimum absolute atomic E-state index is 0.359. The van der Waals surface area contributed by atoms with Crippen molar-refractivity contribution in [3.05, 3.63) is 30.5 Å². The number of fused-ring (bicyclic) bond motifs is 3. The Morgan fingerprint density at radius 1 is 1.33 bits per heavy atom. The second kappa shape index (κ2) is 2.75. The van der Waals surface area contributed by atoms with Gasteiger partial charge in [0.05, 0.1) is 11.8 Å². The van der Waals surface area contributed by atoms with E-state index < -0.39 is 0 Å². The highest BCUT2D eigenvalue weighted by Crippen LogP contribution is 2.22. The molecule has 70 valence electrons. The molecule has 0 atom stereocenters. The predicted molar refractivity (Wildman–Crippen MR) is 53.9 cm³/mol. The summed E-state index contributed by atoms with van der Waals surface area (Å²) < 4.78 is 0. The van der Waals surface area contributed by atoms with E-state index in [0.717, 1.165) is 16.3 Å². The van der Waals surface area contributed by atoms with Crippen LogP contribution in [0.15, 0.2) is 24.8 Å². The molecule has 0 aliphatic rings. The number of aromatic amines is 1. The minimum Gasteiger partial charge on any atom is -0.343 e. The molecule has 3 aromatic heterocycles. The van der Waals surface area contributed by atoms with Crippen molar-refractivity contribution < 1.29 is 0 Å². The first-order valence-electron chi connectivity index (χ1n) is 4.37. The molecular formula is C10H5N5. The zero-order valence-corrected chi connectivity index (χ0v) is 7.60. The number of nitrogens with one attached hydrogen (secondary N) is 1. The minimum atomic E-state index is 0.359. The van der Waals surface area contributed by atoms with Crippen LogP contribution in [0.2, 0.25) is 0 Å². The Kier molecular flexibility index (Phi) is 1.45. The maximum Gasteiger partial charge on any atom is 0.179 e. The Bertz CT molecular complexity index is 692. The lowest BCUT2D eigenvalue weighted by Crippen LogP contribution is -1.88. The highest BCUT2D eigenvalue weighted by Gasteiger charge is 2.08. The van der Waals surface area contributed by atoms with Crippen molar-refractivity contribution in [2.75, 3.05) is 0 Å². The van der Waals surface area contributed by atoms with Gasteiger partial charge >= 0.3 is 0 Å². The van der Waals surface area contributed by atoms with Crippen molar-refractivity contribution in [1.29, 1.82) is 5.26 Å². The molecule has 3 rings (SSSR count). The van der Waals surface area contributed by atoms with E-state index in [-0.39, 0.29) is 0 Å². The zero-order valence-electron chi connectivity index (χ0n) is 7.60. The zero-order chi connectivity index (χ0) is 10.3. The Morgan fingerprint density at radius 2 is 2.27 bits per heavy atom. The average Bonchev–Trinajstić information content (AvgIpc) is 2.76. The lowest BCUT2D eigenvalue weighted by molar-refractivity contribution is 1.27. The van der Waals surface area contributed by atoms with E-state index in [1.54, 1.807) is 18.7 Å². The second-order valence-electron chi connectivity index (χ2n) is 3.09. The van der Waals surface area contributed by atoms with Crippen LogP contribution in [0, 0.1) is 11.3 Å². The summed E-state index contributed by atoms with van der Waals surface area (Å²) >= 11 is 0. The van der Waals surface area contributed by atoms with Gasteiger partial charge in [0.15, 0.2) is 11.3 Å². The molecule has 0 aromatic carbocycles. The predicted octanol–water partition coefficient (Wildman–Crippen LogP) is 1.38. The summed E-state index contributed by atoms with van der Waals surface area (Å²) in [6, 6.07) is 3.89. The molecule has 0 spiro atoms. The summed E-state index contributed by atoms with van der Waals surface area (Å²) in [7, 11) is 0. The van der Waals surface area contributed by atoms with Crippen molar-refractivity contribution in [2.24, 2.45) is 0 Å². The normalized spacial score (nSPS) is 10.6. The standard InChI is InChI=1S/C10H5N5/c11-3-8-7-4-12-2-1-6(7)9-10(15-8)14-5-13-9/h1-2,4-5H,(H,13,14,15). The fourth-order valence-electron chi connectivity index (χ4n) is 1.62. The smallest absolute Gasteiger partial charge is 0.179 e. The summed E-state index contributed by atoms with van der Waals surface area (Å²) in [5.74, 6) is 0. The first kappa shape index (κ1) is 7.88. The van der Waals surface area contributed by atoms with Crippen LogP contribution >= 0.6 is 0 Å². The molecule has 5 heteroatoms. The largest absolute Gasteiger partial charge is 0.343 e. The van der Waals surface area contributed by atoms with E-state index in [4.69, 9.17) is 5.26 Å². The van der Waals surface area contributed by atoms with Gasteiger partial charge < -0.3 is 4.98 Å². The molecule has 3 heterocycles. The van der Waals surface area contributed by atoms with Gasteiger partial charge in [-0.05, 0) is 6.07 Å². The number of hydrogen-bond donors (Lipinski definition) is 1. The number of hydrogen-bond acceptors (Lipinski definition) is 4. The summed E-state index contributed by atoms with van der Waals surface area (Å²) in [5.41, 5.74) is 1.76. The SMILES string of the molecule is N#Cc1nc2nc[nH]c2c2ccncc12. The van der Waals surface area contributed by atoms with Gasteiger partial charge in [0.2, 0.25) is 0 Å². The van der Waals surface area contributed by atoms with E-state index in [0.29, 0.717) is 11.3 Å². The molecule has 0 bridgehead atoms. The van der Waals surface area contributed by atoms with Gasteiger partial charge in [0, 0.05) is 23.2 Å². The van der Waals surface area contributed by atoms with Crippen LogP contribution in [-0.2, 0) is 0 Å². The highest BCUT2D eigenvalue weighted by atomic mass is 15.0. The molecular weight excluding hydrogens is 190 g/mol. The third kappa shape index (κ3) is 0.987. The highest BCUT2D eigenvalue weighted by molar-refractivity contribution is 6.03. The van der Waals surface area contributed by atoms with Gasteiger partial charge in [-0.25, -0.2) is 9.97 Å². The Labute approximate surface area is 84.4 Å². The third-order valence-electron chi connectivity index (χ3n) is 2.29. The Hall–Kier alpha value is -2.48. The van der Waals surface area contributed by atoms with E-state index in [1.807, 2.05) is 12.1 Å². The van der Waals surface area contributed by atoms with Crippen LogP contribution in [0.1, 0.15) is 5.69 Å². The van der Waals surface area contributed by atoms with Crippen molar-refractivity contribution in [3.8, 4) is 6.07 Å². The molecule has 0 unspecified atom stereocenters. The monoisotopic (exact) mass is 195 g/mol. The van der Waals surface area contributed by atoms with Crippen molar-refractivity contribution in [2.45, 2.75) is 0 Å². The molecule has 0 fully saturated rings. The molecule has 1 N–H and O–H groups in total. The van der Waals surface area contributed by atoms with E-state index in [2.05, 4.69) is 19.9 Å². The second-order valence-corrected chi connectivity index (χ2v) is 3.09. The lowest BCUT2D eigenvalue weighted by atomic mass is 10.1. The fourth-order valence-corrected chi connectivity index (χ4v) is 1.62. The van der Waals surface area contributed by atoms with Gasteiger partial charge in [0.1, 0.15) is 6.07 Å². The third-order valence-corrected chi connectivity index (χ3v) is 2.29. The molecule has 0 aliphatic carbocycles. The molecule has 0 saturated carbocycles. The number of nitrogens with zero attached hydrogens (tertiary/aromatic N) is 4. The molecule has 0 amide bonds. The number of imidazole rings is 1. The maximum absolute atomic E-state index is 8.95. The molecule has 0 radical (unpaired) electrons. The molecule has 5 nitrogen and oxygen atoms in total. The Morgan fingerprint density at radius 3 is 3.13 bits per heavy atom. The van der Waals surface area contributed by atoms with Gasteiger partial charge in [-0.1, -0.05) is 0 Å². The number of rotatable bonds is 0. The van der Waals surface area contributed by atoms with Crippen LogP contribution in [-0.4, -0.2) is 19.9 Å². The van der Waals surface area contributed by atoms with Crippen LogP contribution in [0.4, 0.5) is 0 Å². The number of aromatic nitrogens is 4. The van der Waals surface area contributed by atoms with Gasteiger partial charge in [0.25, 0.3) is 0 Å². The number of nitriles is 1. The number of pyridine rings is 2. The molecule has 3 aromatic rings. The molecule has 0 aliphatic heterocycles. The van der Waals surface area contributed by atoms with Gasteiger partial charge in [-0.2, -0.15) is 5.26 Å². The van der Waals surface area contributed by atoms with E-state index >= 15 is 0 Å². The van der Waals surface area contributed by atoms with Gasteiger partial charge in [-0.15, -0.1) is 0 Å². The topological polar surface area (TPSA) is 78.2 Å². The summed E-state index contributed by atoms with van der Waals surface area (Å²) in [5, 5.41) is 10.6. The first-order chi connectivity index (χ1) is 7.40. The molecule has 15 heavy (non-hydrogen) atoms. The fraction of sp³-hybridized carbons (Fsp3) is 0.